The molecule has 2 aliphatic heterocycles. The first-order valence-corrected chi connectivity index (χ1v) is 13.8. The van der Waals surface area contributed by atoms with Gasteiger partial charge >= 0.3 is 12.1 Å². The van der Waals surface area contributed by atoms with Crippen LogP contribution in [0.3, 0.4) is 0 Å². The maximum atomic E-state index is 13.1. The Morgan fingerprint density at radius 2 is 1.88 bits per heavy atom. The van der Waals surface area contributed by atoms with Crippen molar-refractivity contribution in [3.63, 3.8) is 0 Å². The molecule has 2 N–H and O–H groups in total. The van der Waals surface area contributed by atoms with E-state index in [1.165, 1.54) is 23.2 Å². The van der Waals surface area contributed by atoms with Crippen molar-refractivity contribution in [3.05, 3.63) is 81.8 Å². The second-order valence-electron chi connectivity index (χ2n) is 9.49. The first kappa shape index (κ1) is 30.4. The first-order valence-electron chi connectivity index (χ1n) is 13.1. The van der Waals surface area contributed by atoms with Gasteiger partial charge in [-0.15, -0.1) is 0 Å². The molecule has 2 aromatic rings. The minimum Gasteiger partial charge on any atom is -0.505 e. The number of anilines is 1. The molecule has 0 spiro atoms. The number of aromatic hydroxyl groups is 1. The number of piperidine rings is 1. The van der Waals surface area contributed by atoms with Gasteiger partial charge in [0.15, 0.2) is 11.9 Å². The summed E-state index contributed by atoms with van der Waals surface area (Å²) in [6, 6.07) is 10.3. The number of hydrogen-bond donors (Lipinski definition) is 2. The number of hydrogen-bond acceptors (Lipinski definition) is 6. The van der Waals surface area contributed by atoms with E-state index in [0.717, 1.165) is 17.7 Å². The van der Waals surface area contributed by atoms with Crippen LogP contribution in [0.25, 0.3) is 0 Å². The normalized spacial score (nSPS) is 15.3. The SMILES string of the molecule is C=C=C=CN=C=C=NC(=O)[C@@H](Cc1cc(Cl)c(O)c(Cl)c1)OC(=O)N1CCC(N2CCc3ccccc3NC2=O)CC1. The molecule has 0 bridgehead atoms. The highest BCUT2D eigenvalue weighted by Crippen LogP contribution is 2.33. The molecule has 1 atom stereocenters. The van der Waals surface area contributed by atoms with Gasteiger partial charge in [-0.1, -0.05) is 47.1 Å². The average Bonchev–Trinajstić information content (AvgIpc) is 3.15. The lowest BCUT2D eigenvalue weighted by atomic mass is 10.0. The number of para-hydroxylation sites is 1. The van der Waals surface area contributed by atoms with Crippen LogP contribution in [0.4, 0.5) is 15.3 Å². The number of fused-ring (bicyclic) bond motifs is 1. The molecule has 2 aromatic carbocycles. The molecule has 1 saturated heterocycles. The van der Waals surface area contributed by atoms with Crippen molar-refractivity contribution in [1.82, 2.24) is 9.80 Å². The smallest absolute Gasteiger partial charge is 0.410 e. The fraction of sp³-hybridized carbons (Fsp3) is 0.300. The van der Waals surface area contributed by atoms with Gasteiger partial charge in [0, 0.05) is 37.8 Å². The van der Waals surface area contributed by atoms with Gasteiger partial charge in [0.1, 0.15) is 0 Å². The number of likely N-dealkylation sites (tertiary alicyclic amines) is 1. The van der Waals surface area contributed by atoms with Crippen LogP contribution < -0.4 is 5.32 Å². The highest BCUT2D eigenvalue weighted by Gasteiger charge is 2.33. The zero-order chi connectivity index (χ0) is 30.1. The number of nitrogens with zero attached hydrogens (tertiary/aromatic N) is 4. The van der Waals surface area contributed by atoms with Crippen molar-refractivity contribution < 1.29 is 24.2 Å². The predicted molar refractivity (Wildman–Crippen MR) is 160 cm³/mol. The third-order valence-electron chi connectivity index (χ3n) is 6.83. The van der Waals surface area contributed by atoms with Crippen molar-refractivity contribution in [2.24, 2.45) is 9.98 Å². The van der Waals surface area contributed by atoms with Gasteiger partial charge in [-0.05, 0) is 60.9 Å². The number of carbonyl (C=O) groups excluding carboxylic acids is 3. The Balaban J connectivity index is 1.43. The van der Waals surface area contributed by atoms with Crippen LogP contribution in [0.15, 0.2) is 70.6 Å². The number of benzene rings is 2. The average molecular weight is 608 g/mol. The molecule has 0 unspecified atom stereocenters. The molecule has 2 heterocycles. The minimum absolute atomic E-state index is 0.0182. The van der Waals surface area contributed by atoms with E-state index in [1.54, 1.807) is 0 Å². The fourth-order valence-electron chi connectivity index (χ4n) is 4.71. The van der Waals surface area contributed by atoms with E-state index in [1.807, 2.05) is 29.2 Å². The summed E-state index contributed by atoms with van der Waals surface area (Å²) in [6.45, 7) is 4.57. The lowest BCUT2D eigenvalue weighted by Gasteiger charge is -2.37. The number of rotatable bonds is 6. The van der Waals surface area contributed by atoms with Crippen LogP contribution in [0, 0.1) is 0 Å². The standard InChI is InChI=1S/C30H27Cl2N5O5/c1-2-3-11-33-12-13-34-28(39)26(19-20-17-23(31)27(38)24(32)18-20)42-30(41)36-14-9-22(10-15-36)37-16-8-21-6-4-5-7-25(21)35-29(37)40/h4-7,11,17-18,22,26,38H,1,8-10,14-16,19H2,(H,35,40)/t26-/m1/s1. The summed E-state index contributed by atoms with van der Waals surface area (Å²) in [4.78, 5) is 49.5. The molecule has 0 aromatic heterocycles. The summed E-state index contributed by atoms with van der Waals surface area (Å²) in [5.41, 5.74) is 7.17. The van der Waals surface area contributed by atoms with Gasteiger partial charge in [0.25, 0.3) is 5.91 Å². The zero-order valence-corrected chi connectivity index (χ0v) is 24.0. The Kier molecular flexibility index (Phi) is 10.4. The Bertz CT molecular complexity index is 1540. The van der Waals surface area contributed by atoms with E-state index < -0.39 is 18.1 Å². The van der Waals surface area contributed by atoms with E-state index in [2.05, 4.69) is 45.1 Å². The minimum atomic E-state index is -1.35. The number of ether oxygens (including phenoxy) is 1. The molecule has 2 aliphatic rings. The number of halogens is 2. The number of phenols is 1. The van der Waals surface area contributed by atoms with E-state index in [4.69, 9.17) is 27.9 Å². The van der Waals surface area contributed by atoms with Crippen molar-refractivity contribution in [2.45, 2.75) is 37.8 Å². The highest BCUT2D eigenvalue weighted by molar-refractivity contribution is 6.37. The molecule has 0 radical (unpaired) electrons. The number of phenolic OH excluding ortho intramolecular Hbond substituents is 1. The highest BCUT2D eigenvalue weighted by atomic mass is 35.5. The number of aliphatic imine (C=N–C) groups is 2. The van der Waals surface area contributed by atoms with Crippen LogP contribution in [-0.2, 0) is 22.4 Å². The topological polar surface area (TPSA) is 124 Å². The maximum Gasteiger partial charge on any atom is 0.410 e. The Morgan fingerprint density at radius 3 is 2.60 bits per heavy atom. The Hall–Kier alpha value is -4.51. The summed E-state index contributed by atoms with van der Waals surface area (Å²) < 4.78 is 5.59. The molecule has 4 rings (SSSR count). The second kappa shape index (κ2) is 14.4. The molecule has 0 aliphatic carbocycles. The largest absolute Gasteiger partial charge is 0.505 e. The van der Waals surface area contributed by atoms with Crippen molar-refractivity contribution in [1.29, 1.82) is 0 Å². The van der Waals surface area contributed by atoms with Gasteiger partial charge in [-0.2, -0.15) is 9.98 Å². The summed E-state index contributed by atoms with van der Waals surface area (Å²) in [5.74, 6) is 3.44. The predicted octanol–water partition coefficient (Wildman–Crippen LogP) is 5.18. The van der Waals surface area contributed by atoms with Crippen LogP contribution in [0.5, 0.6) is 5.75 Å². The van der Waals surface area contributed by atoms with Crippen molar-refractivity contribution in [2.75, 3.05) is 25.0 Å². The summed E-state index contributed by atoms with van der Waals surface area (Å²) in [7, 11) is 0. The van der Waals surface area contributed by atoms with E-state index in [9.17, 15) is 19.5 Å². The summed E-state index contributed by atoms with van der Waals surface area (Å²) in [6.07, 6.45) is 0.858. The van der Waals surface area contributed by atoms with Gasteiger partial charge in [0.2, 0.25) is 0 Å². The molecule has 0 saturated carbocycles. The molecular formula is C30H27Cl2N5O5. The summed E-state index contributed by atoms with van der Waals surface area (Å²) in [5, 5.41) is 12.8. The van der Waals surface area contributed by atoms with Gasteiger partial charge in [-0.25, -0.2) is 9.59 Å². The van der Waals surface area contributed by atoms with Gasteiger partial charge in [-0.3, -0.25) is 4.79 Å². The van der Waals surface area contributed by atoms with E-state index in [0.29, 0.717) is 38.0 Å². The fourth-order valence-corrected chi connectivity index (χ4v) is 5.25. The monoisotopic (exact) mass is 607 g/mol. The van der Waals surface area contributed by atoms with Gasteiger partial charge < -0.3 is 25.0 Å². The molecule has 4 amide bonds. The first-order chi connectivity index (χ1) is 20.3. The van der Waals surface area contributed by atoms with E-state index in [-0.39, 0.29) is 34.3 Å². The number of carbonyl (C=O) groups is 3. The molecule has 42 heavy (non-hydrogen) atoms. The van der Waals surface area contributed by atoms with Crippen LogP contribution in [0.2, 0.25) is 10.0 Å². The Labute approximate surface area is 252 Å². The maximum absolute atomic E-state index is 13.1. The van der Waals surface area contributed by atoms with Crippen molar-refractivity contribution in [3.8, 4) is 5.75 Å². The third kappa shape index (κ3) is 7.82. The third-order valence-corrected chi connectivity index (χ3v) is 7.41. The second-order valence-corrected chi connectivity index (χ2v) is 10.3. The molecular weight excluding hydrogens is 581 g/mol. The zero-order valence-electron chi connectivity index (χ0n) is 22.5. The lowest BCUT2D eigenvalue weighted by Crippen LogP contribution is -2.50. The van der Waals surface area contributed by atoms with Crippen molar-refractivity contribution >= 4 is 58.7 Å². The van der Waals surface area contributed by atoms with Gasteiger partial charge in [0.05, 0.1) is 28.0 Å². The molecule has 10 nitrogen and oxygen atoms in total. The lowest BCUT2D eigenvalue weighted by molar-refractivity contribution is -0.126. The number of urea groups is 1. The van der Waals surface area contributed by atoms with Crippen LogP contribution >= 0.6 is 23.2 Å². The summed E-state index contributed by atoms with van der Waals surface area (Å²) >= 11 is 12.1. The number of nitrogens with one attached hydrogen (secondary N) is 1. The Morgan fingerprint density at radius 1 is 1.17 bits per heavy atom. The van der Waals surface area contributed by atoms with E-state index >= 15 is 0 Å². The molecule has 12 heteroatoms. The van der Waals surface area contributed by atoms with Crippen LogP contribution in [0.1, 0.15) is 24.0 Å². The number of amides is 4. The molecule has 216 valence electrons. The quantitative estimate of drug-likeness (QED) is 0.346. The van der Waals surface area contributed by atoms with Crippen LogP contribution in [-0.4, -0.2) is 76.5 Å². The molecule has 1 fully saturated rings.